The number of ether oxygens (including phenoxy) is 1. The molecule has 0 unspecified atom stereocenters. The van der Waals surface area contributed by atoms with Crippen molar-refractivity contribution in [3.63, 3.8) is 0 Å². The lowest BCUT2D eigenvalue weighted by atomic mass is 10.0. The molecular weight excluding hydrogens is 304 g/mol. The molecule has 21 heavy (non-hydrogen) atoms. The number of esters is 1. The van der Waals surface area contributed by atoms with E-state index in [9.17, 15) is 22.0 Å². The molecule has 1 N–H and O–H groups in total. The van der Waals surface area contributed by atoms with Crippen LogP contribution in [0.3, 0.4) is 0 Å². The molecule has 1 aromatic rings. The van der Waals surface area contributed by atoms with E-state index in [1.54, 1.807) is 13.8 Å². The lowest BCUT2D eigenvalue weighted by Crippen LogP contribution is -2.45. The van der Waals surface area contributed by atoms with Gasteiger partial charge in [0.1, 0.15) is 6.04 Å². The van der Waals surface area contributed by atoms with Gasteiger partial charge in [-0.05, 0) is 24.1 Å². The van der Waals surface area contributed by atoms with Crippen LogP contribution in [0.5, 0.6) is 0 Å². The molecule has 2 atom stereocenters. The Morgan fingerprint density at radius 1 is 1.33 bits per heavy atom. The lowest BCUT2D eigenvalue weighted by Gasteiger charge is -2.21. The molecule has 0 aliphatic carbocycles. The van der Waals surface area contributed by atoms with E-state index in [0.29, 0.717) is 18.6 Å². The minimum Gasteiger partial charge on any atom is -0.468 e. The maximum absolute atomic E-state index is 13.1. The SMILES string of the molecule is CC[C@H](C)[C@H](NS(=O)(=O)c1ccc(F)c(F)c1)C(=O)OC. The summed E-state index contributed by atoms with van der Waals surface area (Å²) in [5.41, 5.74) is 0. The van der Waals surface area contributed by atoms with Crippen LogP contribution in [0, 0.1) is 17.6 Å². The number of hydrogen-bond acceptors (Lipinski definition) is 4. The van der Waals surface area contributed by atoms with E-state index in [2.05, 4.69) is 9.46 Å². The average Bonchev–Trinajstić information content (AvgIpc) is 2.45. The maximum atomic E-state index is 13.1. The second-order valence-corrected chi connectivity index (χ2v) is 6.30. The molecular formula is C13H17F2NO4S. The van der Waals surface area contributed by atoms with Crippen molar-refractivity contribution >= 4 is 16.0 Å². The number of carbonyl (C=O) groups excluding carboxylic acids is 1. The summed E-state index contributed by atoms with van der Waals surface area (Å²) in [5, 5.41) is 0. The van der Waals surface area contributed by atoms with Crippen molar-refractivity contribution in [1.29, 1.82) is 0 Å². The Hall–Kier alpha value is -1.54. The zero-order valence-corrected chi connectivity index (χ0v) is 12.7. The van der Waals surface area contributed by atoms with E-state index in [4.69, 9.17) is 0 Å². The van der Waals surface area contributed by atoms with E-state index in [0.717, 1.165) is 13.2 Å². The van der Waals surface area contributed by atoms with Crippen molar-refractivity contribution < 1.29 is 26.7 Å². The molecule has 0 aromatic heterocycles. The van der Waals surface area contributed by atoms with Crippen LogP contribution >= 0.6 is 0 Å². The number of nitrogens with one attached hydrogen (secondary N) is 1. The Bertz CT molecular complexity index is 619. The van der Waals surface area contributed by atoms with Gasteiger partial charge in [-0.3, -0.25) is 4.79 Å². The van der Waals surface area contributed by atoms with Gasteiger partial charge in [-0.1, -0.05) is 20.3 Å². The Morgan fingerprint density at radius 3 is 2.43 bits per heavy atom. The van der Waals surface area contributed by atoms with Crippen LogP contribution in [0.1, 0.15) is 20.3 Å². The zero-order chi connectivity index (χ0) is 16.2. The van der Waals surface area contributed by atoms with E-state index in [1.165, 1.54) is 0 Å². The van der Waals surface area contributed by atoms with E-state index in [1.807, 2.05) is 0 Å². The van der Waals surface area contributed by atoms with Gasteiger partial charge in [-0.15, -0.1) is 0 Å². The molecule has 0 heterocycles. The molecule has 1 aromatic carbocycles. The van der Waals surface area contributed by atoms with E-state index >= 15 is 0 Å². The fourth-order valence-corrected chi connectivity index (χ4v) is 2.94. The molecule has 118 valence electrons. The van der Waals surface area contributed by atoms with Crippen molar-refractivity contribution in [3.8, 4) is 0 Å². The third-order valence-corrected chi connectivity index (χ3v) is 4.59. The van der Waals surface area contributed by atoms with Gasteiger partial charge in [0.25, 0.3) is 0 Å². The first-order valence-corrected chi connectivity index (χ1v) is 7.76. The minimum atomic E-state index is -4.17. The number of rotatable bonds is 6. The van der Waals surface area contributed by atoms with Gasteiger partial charge < -0.3 is 4.74 Å². The van der Waals surface area contributed by atoms with Crippen LogP contribution in [-0.2, 0) is 19.6 Å². The number of carbonyl (C=O) groups is 1. The van der Waals surface area contributed by atoms with Crippen LogP contribution in [0.4, 0.5) is 8.78 Å². The van der Waals surface area contributed by atoms with Crippen molar-refractivity contribution in [1.82, 2.24) is 4.72 Å². The first-order valence-electron chi connectivity index (χ1n) is 6.28. The Morgan fingerprint density at radius 2 is 1.95 bits per heavy atom. The highest BCUT2D eigenvalue weighted by atomic mass is 32.2. The quantitative estimate of drug-likeness (QED) is 0.811. The lowest BCUT2D eigenvalue weighted by molar-refractivity contribution is -0.143. The number of halogens is 2. The normalized spacial score (nSPS) is 14.5. The van der Waals surface area contributed by atoms with Crippen LogP contribution in [0.2, 0.25) is 0 Å². The highest BCUT2D eigenvalue weighted by molar-refractivity contribution is 7.89. The monoisotopic (exact) mass is 321 g/mol. The highest BCUT2D eigenvalue weighted by Gasteiger charge is 2.30. The van der Waals surface area contributed by atoms with E-state index in [-0.39, 0.29) is 5.92 Å². The average molecular weight is 321 g/mol. The number of benzene rings is 1. The minimum absolute atomic E-state index is 0.322. The van der Waals surface area contributed by atoms with Crippen LogP contribution < -0.4 is 4.72 Å². The molecule has 0 radical (unpaired) electrons. The third-order valence-electron chi connectivity index (χ3n) is 3.15. The summed E-state index contributed by atoms with van der Waals surface area (Å²) in [4.78, 5) is 11.2. The summed E-state index contributed by atoms with van der Waals surface area (Å²) in [6, 6.07) is 1.09. The number of methoxy groups -OCH3 is 1. The van der Waals surface area contributed by atoms with Gasteiger partial charge in [0, 0.05) is 0 Å². The van der Waals surface area contributed by atoms with Gasteiger partial charge in [0.05, 0.1) is 12.0 Å². The fraction of sp³-hybridized carbons (Fsp3) is 0.462. The van der Waals surface area contributed by atoms with E-state index < -0.39 is 38.6 Å². The summed E-state index contributed by atoms with van der Waals surface area (Å²) >= 11 is 0. The Labute approximate surface area is 122 Å². The first-order chi connectivity index (χ1) is 9.72. The first kappa shape index (κ1) is 17.5. The van der Waals surface area contributed by atoms with Crippen LogP contribution in [-0.4, -0.2) is 27.5 Å². The van der Waals surface area contributed by atoms with Crippen molar-refractivity contribution in [2.45, 2.75) is 31.2 Å². The van der Waals surface area contributed by atoms with Crippen molar-refractivity contribution in [3.05, 3.63) is 29.8 Å². The smallest absolute Gasteiger partial charge is 0.324 e. The predicted octanol–water partition coefficient (Wildman–Crippen LogP) is 1.83. The van der Waals surface area contributed by atoms with Crippen molar-refractivity contribution in [2.75, 3.05) is 7.11 Å². The van der Waals surface area contributed by atoms with Gasteiger partial charge >= 0.3 is 5.97 Å². The Balaban J connectivity index is 3.11. The second kappa shape index (κ2) is 6.95. The second-order valence-electron chi connectivity index (χ2n) is 4.58. The standard InChI is InChI=1S/C13H17F2NO4S/c1-4-8(2)12(13(17)20-3)16-21(18,19)9-5-6-10(14)11(15)7-9/h5-8,12,16H,4H2,1-3H3/t8-,12-/m0/s1. The highest BCUT2D eigenvalue weighted by Crippen LogP contribution is 2.17. The summed E-state index contributed by atoms with van der Waals surface area (Å²) in [6.07, 6.45) is 0.528. The zero-order valence-electron chi connectivity index (χ0n) is 11.9. The molecule has 0 amide bonds. The maximum Gasteiger partial charge on any atom is 0.324 e. The topological polar surface area (TPSA) is 72.5 Å². The van der Waals surface area contributed by atoms with Gasteiger partial charge in [0.2, 0.25) is 10.0 Å². The van der Waals surface area contributed by atoms with Crippen LogP contribution in [0.25, 0.3) is 0 Å². The summed E-state index contributed by atoms with van der Waals surface area (Å²) in [7, 11) is -3.02. The molecule has 0 aliphatic heterocycles. The summed E-state index contributed by atoms with van der Waals surface area (Å²) in [6.45, 7) is 3.46. The molecule has 0 saturated heterocycles. The molecule has 0 saturated carbocycles. The molecule has 0 aliphatic rings. The molecule has 0 bridgehead atoms. The summed E-state index contributed by atoms with van der Waals surface area (Å²) in [5.74, 6) is -3.50. The van der Waals surface area contributed by atoms with Crippen molar-refractivity contribution in [2.24, 2.45) is 5.92 Å². The third kappa shape index (κ3) is 4.21. The predicted molar refractivity (Wildman–Crippen MR) is 71.9 cm³/mol. The summed E-state index contributed by atoms with van der Waals surface area (Å²) < 4.78 is 57.0. The Kier molecular flexibility index (Phi) is 5.79. The van der Waals surface area contributed by atoms with Gasteiger partial charge in [-0.25, -0.2) is 17.2 Å². The molecule has 5 nitrogen and oxygen atoms in total. The van der Waals surface area contributed by atoms with Gasteiger partial charge in [-0.2, -0.15) is 4.72 Å². The molecule has 1 rings (SSSR count). The van der Waals surface area contributed by atoms with Crippen LogP contribution in [0.15, 0.2) is 23.1 Å². The number of hydrogen-bond donors (Lipinski definition) is 1. The fourth-order valence-electron chi connectivity index (χ4n) is 1.64. The molecule has 0 spiro atoms. The number of sulfonamides is 1. The largest absolute Gasteiger partial charge is 0.468 e. The molecule has 8 heteroatoms. The molecule has 0 fully saturated rings. The van der Waals surface area contributed by atoms with Gasteiger partial charge in [0.15, 0.2) is 11.6 Å².